The molecule has 0 spiro atoms. The van der Waals surface area contributed by atoms with Crippen LogP contribution in [-0.2, 0) is 13.3 Å². The minimum Gasteiger partial charge on any atom is -0.377 e. The molecule has 0 amide bonds. The van der Waals surface area contributed by atoms with Crippen molar-refractivity contribution in [1.82, 2.24) is 0 Å². The number of unbranched alkanes of at least 4 members (excludes halogenated alkanes) is 5. The fraction of sp³-hybridized carbons (Fsp3) is 1.00. The lowest BCUT2D eigenvalue weighted by Gasteiger charge is -2.24. The van der Waals surface area contributed by atoms with Gasteiger partial charge in [0, 0.05) is 35.4 Å². The molecule has 0 saturated heterocycles. The molecule has 0 fully saturated rings. The van der Waals surface area contributed by atoms with Crippen molar-refractivity contribution >= 4 is 16.9 Å². The summed E-state index contributed by atoms with van der Waals surface area (Å²) < 4.78 is 16.3. The van der Waals surface area contributed by atoms with Crippen LogP contribution >= 0.6 is 0 Å². The summed E-state index contributed by atoms with van der Waals surface area (Å²) in [5, 5.41) is 0. The molecule has 5 heteroatoms. The van der Waals surface area contributed by atoms with Gasteiger partial charge in [-0.2, -0.15) is 0 Å². The first-order valence-electron chi connectivity index (χ1n) is 7.54. The Kier molecular flexibility index (Phi) is 10.3. The van der Waals surface area contributed by atoms with E-state index in [-0.39, 0.29) is 0 Å². The number of rotatable bonds is 12. The van der Waals surface area contributed by atoms with Gasteiger partial charge in [0.1, 0.15) is 0 Å². The largest absolute Gasteiger partial charge is 0.500 e. The Hall–Kier alpha value is 0.314. The van der Waals surface area contributed by atoms with Crippen LogP contribution in [-0.4, -0.2) is 38.2 Å². The van der Waals surface area contributed by atoms with Crippen LogP contribution in [0.1, 0.15) is 38.5 Å². The third-order valence-corrected chi connectivity index (χ3v) is 8.28. The normalized spacial score (nSPS) is 12.9. The molecule has 0 aliphatic heterocycles. The van der Waals surface area contributed by atoms with E-state index in [0.717, 1.165) is 12.5 Å². The highest BCUT2D eigenvalue weighted by Crippen LogP contribution is 2.19. The van der Waals surface area contributed by atoms with Crippen molar-refractivity contribution in [2.75, 3.05) is 21.3 Å². The Morgan fingerprint density at radius 2 is 0.947 bits per heavy atom. The Morgan fingerprint density at radius 1 is 0.579 bits per heavy atom. The van der Waals surface area contributed by atoms with E-state index in [1.54, 1.807) is 21.3 Å². The van der Waals surface area contributed by atoms with Crippen molar-refractivity contribution < 1.29 is 13.3 Å². The molecule has 0 N–H and O–H groups in total. The van der Waals surface area contributed by atoms with Crippen molar-refractivity contribution in [3.8, 4) is 0 Å². The van der Waals surface area contributed by atoms with E-state index in [4.69, 9.17) is 13.3 Å². The molecule has 3 nitrogen and oxygen atoms in total. The summed E-state index contributed by atoms with van der Waals surface area (Å²) in [6.07, 6.45) is 7.92. The Morgan fingerprint density at radius 3 is 1.32 bits per heavy atom. The van der Waals surface area contributed by atoms with E-state index in [2.05, 4.69) is 19.6 Å². The van der Waals surface area contributed by atoms with E-state index in [0.29, 0.717) is 0 Å². The lowest BCUT2D eigenvalue weighted by molar-refractivity contribution is 0.122. The second-order valence-corrected chi connectivity index (χ2v) is 15.2. The molecular formula is C14H34O3Si2. The summed E-state index contributed by atoms with van der Waals surface area (Å²) in [5.41, 5.74) is 0. The highest BCUT2D eigenvalue weighted by atomic mass is 28.4. The molecule has 116 valence electrons. The van der Waals surface area contributed by atoms with Crippen LogP contribution in [0.4, 0.5) is 0 Å². The van der Waals surface area contributed by atoms with Crippen LogP contribution in [0, 0.1) is 0 Å². The summed E-state index contributed by atoms with van der Waals surface area (Å²) in [4.78, 5) is 0. The van der Waals surface area contributed by atoms with Gasteiger partial charge in [-0.1, -0.05) is 57.8 Å². The van der Waals surface area contributed by atoms with Gasteiger partial charge >= 0.3 is 8.80 Å². The lowest BCUT2D eigenvalue weighted by Crippen LogP contribution is -2.42. The maximum absolute atomic E-state index is 5.42. The summed E-state index contributed by atoms with van der Waals surface area (Å²) in [7, 11) is 1.94. The molecule has 0 radical (unpaired) electrons. The second kappa shape index (κ2) is 10.1. The van der Waals surface area contributed by atoms with Gasteiger partial charge in [-0.15, -0.1) is 0 Å². The van der Waals surface area contributed by atoms with Crippen molar-refractivity contribution in [3.05, 3.63) is 0 Å². The zero-order valence-electron chi connectivity index (χ0n) is 13.9. The quantitative estimate of drug-likeness (QED) is 0.391. The average Bonchev–Trinajstić information content (AvgIpc) is 2.37. The third-order valence-electron chi connectivity index (χ3n) is 3.59. The highest BCUT2D eigenvalue weighted by Gasteiger charge is 2.36. The van der Waals surface area contributed by atoms with Gasteiger partial charge in [-0.3, -0.25) is 0 Å². The molecule has 0 unspecified atom stereocenters. The summed E-state index contributed by atoms with van der Waals surface area (Å²) in [6.45, 7) is 7.37. The van der Waals surface area contributed by atoms with Crippen molar-refractivity contribution in [2.45, 2.75) is 70.3 Å². The van der Waals surface area contributed by atoms with E-state index in [1.807, 2.05) is 0 Å². The topological polar surface area (TPSA) is 27.7 Å². The van der Waals surface area contributed by atoms with Crippen LogP contribution in [0.25, 0.3) is 0 Å². The monoisotopic (exact) mass is 306 g/mol. The Labute approximate surface area is 122 Å². The molecule has 0 aromatic carbocycles. The number of hydrogen-bond donors (Lipinski definition) is 0. The second-order valence-electron chi connectivity index (χ2n) is 6.48. The van der Waals surface area contributed by atoms with Gasteiger partial charge in [-0.05, 0) is 6.42 Å². The predicted octanol–water partition coefficient (Wildman–Crippen LogP) is 4.54. The molecular weight excluding hydrogens is 272 g/mol. The molecule has 0 bridgehead atoms. The molecule has 0 aliphatic rings. The van der Waals surface area contributed by atoms with E-state index < -0.39 is 16.9 Å². The summed E-state index contributed by atoms with van der Waals surface area (Å²) in [5.74, 6) is 0. The van der Waals surface area contributed by atoms with Gasteiger partial charge in [0.15, 0.2) is 0 Å². The highest BCUT2D eigenvalue weighted by molar-refractivity contribution is 6.76. The van der Waals surface area contributed by atoms with Gasteiger partial charge in [0.25, 0.3) is 0 Å². The maximum Gasteiger partial charge on any atom is 0.500 e. The summed E-state index contributed by atoms with van der Waals surface area (Å²) in [6, 6.07) is 2.41. The van der Waals surface area contributed by atoms with Gasteiger partial charge < -0.3 is 13.3 Å². The lowest BCUT2D eigenvalue weighted by atomic mass is 10.1. The van der Waals surface area contributed by atoms with Crippen molar-refractivity contribution in [1.29, 1.82) is 0 Å². The number of hydrogen-bond acceptors (Lipinski definition) is 3. The maximum atomic E-state index is 5.42. The predicted molar refractivity (Wildman–Crippen MR) is 87.4 cm³/mol. The van der Waals surface area contributed by atoms with E-state index in [1.165, 1.54) is 38.1 Å². The van der Waals surface area contributed by atoms with Crippen LogP contribution in [0.15, 0.2) is 0 Å². The molecule has 0 aromatic heterocycles. The minimum atomic E-state index is -2.31. The van der Waals surface area contributed by atoms with Gasteiger partial charge in [-0.25, -0.2) is 0 Å². The first-order valence-corrected chi connectivity index (χ1v) is 13.2. The first kappa shape index (κ1) is 19.3. The van der Waals surface area contributed by atoms with E-state index in [9.17, 15) is 0 Å². The van der Waals surface area contributed by atoms with Gasteiger partial charge in [0.05, 0.1) is 0 Å². The third kappa shape index (κ3) is 9.79. The van der Waals surface area contributed by atoms with E-state index >= 15 is 0 Å². The molecule has 0 aromatic rings. The Bertz CT molecular complexity index is 205. The first-order chi connectivity index (χ1) is 8.89. The molecule has 0 rings (SSSR count). The molecule has 0 atom stereocenters. The van der Waals surface area contributed by atoms with Crippen molar-refractivity contribution in [2.24, 2.45) is 0 Å². The fourth-order valence-corrected chi connectivity index (χ4v) is 5.37. The molecule has 0 saturated carbocycles. The van der Waals surface area contributed by atoms with Crippen LogP contribution < -0.4 is 0 Å². The zero-order chi connectivity index (χ0) is 14.8. The molecule has 19 heavy (non-hydrogen) atoms. The van der Waals surface area contributed by atoms with Crippen LogP contribution in [0.3, 0.4) is 0 Å². The van der Waals surface area contributed by atoms with Crippen LogP contribution in [0.2, 0.25) is 31.7 Å². The molecule has 0 aliphatic carbocycles. The summed E-state index contributed by atoms with van der Waals surface area (Å²) >= 11 is 0. The van der Waals surface area contributed by atoms with Gasteiger partial charge in [0.2, 0.25) is 0 Å². The molecule has 0 heterocycles. The Balaban J connectivity index is 3.50. The smallest absolute Gasteiger partial charge is 0.377 e. The van der Waals surface area contributed by atoms with Crippen molar-refractivity contribution in [3.63, 3.8) is 0 Å². The fourth-order valence-electron chi connectivity index (χ4n) is 2.26. The standard InChI is InChI=1S/C14H34O3Si2/c1-15-19(16-2,17-3)14-12-10-8-7-9-11-13-18(4,5)6/h7-14H2,1-6H3. The minimum absolute atomic E-state index is 0.816. The zero-order valence-corrected chi connectivity index (χ0v) is 15.9. The average molecular weight is 307 g/mol. The van der Waals surface area contributed by atoms with Crippen LogP contribution in [0.5, 0.6) is 0 Å². The SMILES string of the molecule is CO[Si](CCCCCCCC[Si](C)(C)C)(OC)OC.